The molecule has 3 aromatic rings. The lowest BCUT2D eigenvalue weighted by Crippen LogP contribution is -2.09. The third-order valence-corrected chi connectivity index (χ3v) is 3.94. The molecule has 2 aromatic heterocycles. The smallest absolute Gasteiger partial charge is 0.342 e. The number of pyridine rings is 1. The lowest BCUT2D eigenvalue weighted by Gasteiger charge is -2.05. The molecule has 0 aliphatic carbocycles. The molecule has 0 N–H and O–H groups in total. The van der Waals surface area contributed by atoms with Gasteiger partial charge in [0.2, 0.25) is 0 Å². The molecule has 0 fully saturated rings. The fourth-order valence-corrected chi connectivity index (χ4v) is 2.70. The van der Waals surface area contributed by atoms with E-state index in [0.29, 0.717) is 0 Å². The predicted octanol–water partition coefficient (Wildman–Crippen LogP) is 1.74. The lowest BCUT2D eigenvalue weighted by molar-refractivity contribution is 0.485. The number of aryl methyl sites for hydroxylation is 1. The van der Waals surface area contributed by atoms with Crippen LogP contribution in [0.15, 0.2) is 53.8 Å². The number of fused-ring (bicyclic) bond motifs is 1. The predicted molar refractivity (Wildman–Crippen MR) is 72.8 cm³/mol. The summed E-state index contributed by atoms with van der Waals surface area (Å²) in [6.45, 7) is 0. The molecule has 0 bridgehead atoms. The molecule has 0 saturated heterocycles. The molecule has 0 spiro atoms. The monoisotopic (exact) mass is 289 g/mol. The first-order chi connectivity index (χ1) is 9.54. The molecule has 0 aliphatic rings. The van der Waals surface area contributed by atoms with Crippen molar-refractivity contribution in [2.24, 2.45) is 7.05 Å². The molecule has 0 atom stereocenters. The van der Waals surface area contributed by atoms with Crippen molar-refractivity contribution in [1.82, 2.24) is 14.8 Å². The van der Waals surface area contributed by atoms with E-state index in [1.807, 2.05) is 24.3 Å². The largest absolute Gasteiger partial charge is 0.377 e. The van der Waals surface area contributed by atoms with Gasteiger partial charge in [-0.2, -0.15) is 13.5 Å². The molecule has 0 saturated carbocycles. The van der Waals surface area contributed by atoms with Crippen LogP contribution in [0.4, 0.5) is 0 Å². The summed E-state index contributed by atoms with van der Waals surface area (Å²) in [5.74, 6) is 0.174. The molecule has 3 rings (SSSR count). The molecular weight excluding hydrogens is 278 g/mol. The average molecular weight is 289 g/mol. The quantitative estimate of drug-likeness (QED) is 0.687. The third-order valence-electron chi connectivity index (χ3n) is 2.74. The summed E-state index contributed by atoms with van der Waals surface area (Å²) in [4.78, 5) is 4.16. The number of para-hydroxylation sites is 1. The van der Waals surface area contributed by atoms with Crippen molar-refractivity contribution < 1.29 is 12.6 Å². The zero-order chi connectivity index (χ0) is 14.2. The Hall–Kier alpha value is -2.41. The normalized spacial score (nSPS) is 11.7. The van der Waals surface area contributed by atoms with Crippen LogP contribution in [-0.4, -0.2) is 23.2 Å². The van der Waals surface area contributed by atoms with Gasteiger partial charge in [-0.15, -0.1) is 0 Å². The number of rotatable bonds is 3. The molecule has 0 radical (unpaired) electrons. The van der Waals surface area contributed by atoms with Gasteiger partial charge in [0.1, 0.15) is 4.90 Å². The van der Waals surface area contributed by atoms with Gasteiger partial charge < -0.3 is 4.18 Å². The molecule has 102 valence electrons. The molecule has 6 nitrogen and oxygen atoms in total. The Morgan fingerprint density at radius 1 is 1.20 bits per heavy atom. The van der Waals surface area contributed by atoms with Gasteiger partial charge in [-0.25, -0.2) is 0 Å². The Kier molecular flexibility index (Phi) is 2.90. The highest BCUT2D eigenvalue weighted by atomic mass is 32.2. The molecule has 0 aliphatic heterocycles. The molecule has 0 unspecified atom stereocenters. The third kappa shape index (κ3) is 2.35. The van der Waals surface area contributed by atoms with Crippen LogP contribution >= 0.6 is 0 Å². The first kappa shape index (κ1) is 12.6. The SMILES string of the molecule is Cn1cc(S(=O)(=O)Oc2cnc3ccccc3c2)cn1. The van der Waals surface area contributed by atoms with Gasteiger partial charge in [0.05, 0.1) is 17.9 Å². The van der Waals surface area contributed by atoms with Crippen LogP contribution in [0.2, 0.25) is 0 Å². The summed E-state index contributed by atoms with van der Waals surface area (Å²) in [5, 5.41) is 4.63. The summed E-state index contributed by atoms with van der Waals surface area (Å²) in [5.41, 5.74) is 0.777. The van der Waals surface area contributed by atoms with Crippen LogP contribution in [-0.2, 0) is 17.2 Å². The highest BCUT2D eigenvalue weighted by Gasteiger charge is 2.18. The van der Waals surface area contributed by atoms with E-state index in [0.717, 1.165) is 10.9 Å². The van der Waals surface area contributed by atoms with Crippen LogP contribution in [0.5, 0.6) is 5.75 Å². The fraction of sp³-hybridized carbons (Fsp3) is 0.0769. The van der Waals surface area contributed by atoms with Crippen molar-refractivity contribution in [3.8, 4) is 5.75 Å². The zero-order valence-corrected chi connectivity index (χ0v) is 11.4. The van der Waals surface area contributed by atoms with E-state index in [9.17, 15) is 8.42 Å². The Morgan fingerprint density at radius 3 is 2.75 bits per heavy atom. The van der Waals surface area contributed by atoms with Crippen LogP contribution < -0.4 is 4.18 Å². The van der Waals surface area contributed by atoms with Crippen molar-refractivity contribution in [1.29, 1.82) is 0 Å². The fourth-order valence-electron chi connectivity index (χ4n) is 1.80. The summed E-state index contributed by atoms with van der Waals surface area (Å²) in [6.07, 6.45) is 4.00. The number of benzene rings is 1. The number of aromatic nitrogens is 3. The van der Waals surface area contributed by atoms with Crippen LogP contribution in [0.25, 0.3) is 10.9 Å². The van der Waals surface area contributed by atoms with E-state index in [2.05, 4.69) is 10.1 Å². The second-order valence-electron chi connectivity index (χ2n) is 4.25. The maximum Gasteiger partial charge on any atom is 0.342 e. The van der Waals surface area contributed by atoms with E-state index in [1.165, 1.54) is 23.3 Å². The summed E-state index contributed by atoms with van der Waals surface area (Å²) in [7, 11) is -2.25. The molecule has 1 aromatic carbocycles. The Labute approximate surface area is 115 Å². The summed E-state index contributed by atoms with van der Waals surface area (Å²) in [6, 6.07) is 9.03. The van der Waals surface area contributed by atoms with Gasteiger partial charge in [0.25, 0.3) is 0 Å². The van der Waals surface area contributed by atoms with Gasteiger partial charge in [-0.3, -0.25) is 9.67 Å². The van der Waals surface area contributed by atoms with Gasteiger partial charge in [0, 0.05) is 18.6 Å². The van der Waals surface area contributed by atoms with Crippen molar-refractivity contribution in [2.45, 2.75) is 4.90 Å². The highest BCUT2D eigenvalue weighted by Crippen LogP contribution is 2.21. The number of hydrogen-bond donors (Lipinski definition) is 0. The first-order valence-corrected chi connectivity index (χ1v) is 7.23. The van der Waals surface area contributed by atoms with Gasteiger partial charge in [-0.1, -0.05) is 18.2 Å². The second-order valence-corrected chi connectivity index (χ2v) is 5.80. The second kappa shape index (κ2) is 4.61. The topological polar surface area (TPSA) is 74.1 Å². The highest BCUT2D eigenvalue weighted by molar-refractivity contribution is 7.87. The standard InChI is InChI=1S/C13H11N3O3S/c1-16-9-12(8-15-16)20(17,18)19-11-6-10-4-2-3-5-13(10)14-7-11/h2-9H,1H3. The Balaban J connectivity index is 1.96. The molecule has 7 heteroatoms. The van der Waals surface area contributed by atoms with E-state index in [-0.39, 0.29) is 10.6 Å². The molecular formula is C13H11N3O3S. The molecule has 0 amide bonds. The zero-order valence-electron chi connectivity index (χ0n) is 10.6. The first-order valence-electron chi connectivity index (χ1n) is 5.82. The van der Waals surface area contributed by atoms with E-state index in [4.69, 9.17) is 4.18 Å². The minimum absolute atomic E-state index is 0.00755. The average Bonchev–Trinajstić information content (AvgIpc) is 2.86. The van der Waals surface area contributed by atoms with E-state index >= 15 is 0 Å². The van der Waals surface area contributed by atoms with Crippen LogP contribution in [0, 0.1) is 0 Å². The molecule has 20 heavy (non-hydrogen) atoms. The van der Waals surface area contributed by atoms with Crippen LogP contribution in [0.1, 0.15) is 0 Å². The van der Waals surface area contributed by atoms with E-state index in [1.54, 1.807) is 13.1 Å². The number of hydrogen-bond acceptors (Lipinski definition) is 5. The van der Waals surface area contributed by atoms with Gasteiger partial charge in [-0.05, 0) is 12.1 Å². The van der Waals surface area contributed by atoms with Gasteiger partial charge in [0.15, 0.2) is 5.75 Å². The van der Waals surface area contributed by atoms with Gasteiger partial charge >= 0.3 is 10.1 Å². The minimum atomic E-state index is -3.88. The minimum Gasteiger partial charge on any atom is -0.377 e. The maximum atomic E-state index is 12.0. The summed E-state index contributed by atoms with van der Waals surface area (Å²) >= 11 is 0. The Morgan fingerprint density at radius 2 is 2.00 bits per heavy atom. The molecule has 2 heterocycles. The van der Waals surface area contributed by atoms with Crippen LogP contribution in [0.3, 0.4) is 0 Å². The van der Waals surface area contributed by atoms with E-state index < -0.39 is 10.1 Å². The Bertz CT molecular complexity index is 871. The lowest BCUT2D eigenvalue weighted by atomic mass is 10.2. The van der Waals surface area contributed by atoms with Crippen molar-refractivity contribution in [3.05, 3.63) is 48.9 Å². The van der Waals surface area contributed by atoms with Crippen molar-refractivity contribution in [2.75, 3.05) is 0 Å². The van der Waals surface area contributed by atoms with Crippen molar-refractivity contribution in [3.63, 3.8) is 0 Å². The van der Waals surface area contributed by atoms with Crippen molar-refractivity contribution >= 4 is 21.0 Å². The summed E-state index contributed by atoms with van der Waals surface area (Å²) < 4.78 is 30.6. The number of nitrogens with zero attached hydrogens (tertiary/aromatic N) is 3. The maximum absolute atomic E-state index is 12.0.